The van der Waals surface area contributed by atoms with Crippen molar-refractivity contribution in [2.75, 3.05) is 24.7 Å². The van der Waals surface area contributed by atoms with Crippen LogP contribution in [0.25, 0.3) is 0 Å². The maximum Gasteiger partial charge on any atom is 0.253 e. The van der Waals surface area contributed by atoms with Crippen LogP contribution in [-0.4, -0.2) is 25.7 Å². The van der Waals surface area contributed by atoms with Crippen LogP contribution >= 0.6 is 0 Å². The molecule has 0 aliphatic heterocycles. The molecule has 0 saturated heterocycles. The van der Waals surface area contributed by atoms with Gasteiger partial charge in [0, 0.05) is 12.2 Å². The fraction of sp³-hybridized carbons (Fsp3) is 0.400. The molecule has 1 saturated carbocycles. The summed E-state index contributed by atoms with van der Waals surface area (Å²) in [6, 6.07) is 9.61. The highest BCUT2D eigenvalue weighted by atomic mass is 16.5. The largest absolute Gasteiger partial charge is 0.371 e. The van der Waals surface area contributed by atoms with E-state index in [9.17, 15) is 4.79 Å². The van der Waals surface area contributed by atoms with Crippen LogP contribution in [0.15, 0.2) is 43.0 Å². The van der Waals surface area contributed by atoms with Crippen LogP contribution in [0, 0.1) is 5.92 Å². The van der Waals surface area contributed by atoms with Crippen molar-refractivity contribution in [3.8, 4) is 0 Å². The van der Waals surface area contributed by atoms with Gasteiger partial charge in [0.25, 0.3) is 5.91 Å². The van der Waals surface area contributed by atoms with Gasteiger partial charge in [0.1, 0.15) is 6.61 Å². The van der Waals surface area contributed by atoms with Gasteiger partial charge in [-0.3, -0.25) is 4.79 Å². The lowest BCUT2D eigenvalue weighted by Gasteiger charge is -2.21. The number of hydrogen-bond acceptors (Lipinski definition) is 2. The highest BCUT2D eigenvalue weighted by Crippen LogP contribution is 2.28. The molecule has 3 heteroatoms. The summed E-state index contributed by atoms with van der Waals surface area (Å²) in [7, 11) is 0. The Morgan fingerprint density at radius 2 is 2.11 bits per heavy atom. The summed E-state index contributed by atoms with van der Waals surface area (Å²) in [5, 5.41) is 0. The van der Waals surface area contributed by atoms with Crippen molar-refractivity contribution in [2.24, 2.45) is 5.92 Å². The standard InChI is InChI=1S/C15H19NO2/c1-2-10-16(14-6-4-3-5-7-14)15(17)12-18-11-13-8-9-13/h2-7,13H,1,8-12H2. The molecule has 1 aliphatic rings. The predicted octanol–water partition coefficient (Wildman–Crippen LogP) is 2.63. The summed E-state index contributed by atoms with van der Waals surface area (Å²) >= 11 is 0. The SMILES string of the molecule is C=CCN(C(=O)COCC1CC1)c1ccccc1. The number of anilines is 1. The zero-order valence-electron chi connectivity index (χ0n) is 10.5. The van der Waals surface area contributed by atoms with Crippen LogP contribution in [0.1, 0.15) is 12.8 Å². The van der Waals surface area contributed by atoms with Gasteiger partial charge < -0.3 is 9.64 Å². The number of para-hydroxylation sites is 1. The van der Waals surface area contributed by atoms with Crippen molar-refractivity contribution in [3.05, 3.63) is 43.0 Å². The van der Waals surface area contributed by atoms with Gasteiger partial charge in [-0.1, -0.05) is 24.3 Å². The molecule has 0 unspecified atom stereocenters. The quantitative estimate of drug-likeness (QED) is 0.691. The van der Waals surface area contributed by atoms with Crippen molar-refractivity contribution in [1.82, 2.24) is 0 Å². The molecule has 0 spiro atoms. The highest BCUT2D eigenvalue weighted by Gasteiger charge is 2.22. The molecule has 96 valence electrons. The second-order valence-electron chi connectivity index (χ2n) is 4.59. The molecule has 18 heavy (non-hydrogen) atoms. The zero-order valence-corrected chi connectivity index (χ0v) is 10.5. The van der Waals surface area contributed by atoms with Crippen molar-refractivity contribution in [3.63, 3.8) is 0 Å². The minimum Gasteiger partial charge on any atom is -0.371 e. The van der Waals surface area contributed by atoms with Gasteiger partial charge in [0.05, 0.1) is 6.61 Å². The third-order valence-corrected chi connectivity index (χ3v) is 2.96. The maximum atomic E-state index is 12.1. The van der Waals surface area contributed by atoms with Crippen LogP contribution < -0.4 is 4.90 Å². The first-order valence-corrected chi connectivity index (χ1v) is 6.35. The van der Waals surface area contributed by atoms with Gasteiger partial charge in [-0.25, -0.2) is 0 Å². The topological polar surface area (TPSA) is 29.5 Å². The molecule has 0 N–H and O–H groups in total. The van der Waals surface area contributed by atoms with E-state index in [1.165, 1.54) is 12.8 Å². The van der Waals surface area contributed by atoms with E-state index >= 15 is 0 Å². The number of ether oxygens (including phenoxy) is 1. The molecule has 1 aromatic rings. The van der Waals surface area contributed by atoms with Gasteiger partial charge in [0.2, 0.25) is 0 Å². The second-order valence-corrected chi connectivity index (χ2v) is 4.59. The first-order chi connectivity index (χ1) is 8.81. The average Bonchev–Trinajstić information content (AvgIpc) is 3.21. The summed E-state index contributed by atoms with van der Waals surface area (Å²) in [5.41, 5.74) is 0.887. The van der Waals surface area contributed by atoms with E-state index < -0.39 is 0 Å². The Morgan fingerprint density at radius 1 is 1.39 bits per heavy atom. The van der Waals surface area contributed by atoms with Crippen LogP contribution in [0.2, 0.25) is 0 Å². The number of carbonyl (C=O) groups excluding carboxylic acids is 1. The van der Waals surface area contributed by atoms with Gasteiger partial charge in [-0.05, 0) is 30.9 Å². The summed E-state index contributed by atoms with van der Waals surface area (Å²) in [5.74, 6) is 0.670. The smallest absolute Gasteiger partial charge is 0.253 e. The van der Waals surface area contributed by atoms with Crippen LogP contribution in [0.3, 0.4) is 0 Å². The van der Waals surface area contributed by atoms with E-state index in [-0.39, 0.29) is 12.5 Å². The van der Waals surface area contributed by atoms with Crippen LogP contribution in [-0.2, 0) is 9.53 Å². The molecule has 0 heterocycles. The maximum absolute atomic E-state index is 12.1. The Bertz CT molecular complexity index is 398. The van der Waals surface area contributed by atoms with Gasteiger partial charge in [-0.2, -0.15) is 0 Å². The average molecular weight is 245 g/mol. The summed E-state index contributed by atoms with van der Waals surface area (Å²) < 4.78 is 5.44. The fourth-order valence-corrected chi connectivity index (χ4v) is 1.76. The molecule has 0 radical (unpaired) electrons. The molecule has 0 bridgehead atoms. The molecule has 1 aromatic carbocycles. The third kappa shape index (κ3) is 3.70. The Labute approximate surface area is 108 Å². The monoisotopic (exact) mass is 245 g/mol. The summed E-state index contributed by atoms with van der Waals surface area (Å²) in [6.45, 7) is 5.06. The Balaban J connectivity index is 1.90. The van der Waals surface area contributed by atoms with E-state index in [4.69, 9.17) is 4.74 Å². The Hall–Kier alpha value is -1.61. The van der Waals surface area contributed by atoms with E-state index in [0.29, 0.717) is 19.1 Å². The molecule has 1 aliphatic carbocycles. The molecule has 0 aromatic heterocycles. The second kappa shape index (κ2) is 6.36. The van der Waals surface area contributed by atoms with Gasteiger partial charge in [0.15, 0.2) is 0 Å². The van der Waals surface area contributed by atoms with E-state index in [0.717, 1.165) is 5.69 Å². The number of nitrogens with zero attached hydrogens (tertiary/aromatic N) is 1. The minimum absolute atomic E-state index is 0.0123. The van der Waals surface area contributed by atoms with E-state index in [1.54, 1.807) is 11.0 Å². The first kappa shape index (κ1) is 12.8. The molecule has 0 atom stereocenters. The molecule has 1 fully saturated rings. The number of hydrogen-bond donors (Lipinski definition) is 0. The fourth-order valence-electron chi connectivity index (χ4n) is 1.76. The first-order valence-electron chi connectivity index (χ1n) is 6.35. The summed E-state index contributed by atoms with van der Waals surface area (Å²) in [6.07, 6.45) is 4.21. The normalized spacial score (nSPS) is 14.2. The van der Waals surface area contributed by atoms with Crippen molar-refractivity contribution in [1.29, 1.82) is 0 Å². The van der Waals surface area contributed by atoms with Crippen molar-refractivity contribution < 1.29 is 9.53 Å². The Kier molecular flexibility index (Phi) is 4.53. The van der Waals surface area contributed by atoms with Crippen LogP contribution in [0.4, 0.5) is 5.69 Å². The van der Waals surface area contributed by atoms with Crippen LogP contribution in [0.5, 0.6) is 0 Å². The summed E-state index contributed by atoms with van der Waals surface area (Å²) in [4.78, 5) is 13.8. The third-order valence-electron chi connectivity index (χ3n) is 2.96. The lowest BCUT2D eigenvalue weighted by atomic mass is 10.3. The Morgan fingerprint density at radius 3 is 2.72 bits per heavy atom. The number of benzene rings is 1. The minimum atomic E-state index is -0.0123. The van der Waals surface area contributed by atoms with Gasteiger partial charge in [-0.15, -0.1) is 6.58 Å². The predicted molar refractivity (Wildman–Crippen MR) is 72.5 cm³/mol. The number of carbonyl (C=O) groups is 1. The highest BCUT2D eigenvalue weighted by molar-refractivity contribution is 5.94. The number of rotatable bonds is 7. The van der Waals surface area contributed by atoms with Gasteiger partial charge >= 0.3 is 0 Å². The molecule has 2 rings (SSSR count). The molecule has 3 nitrogen and oxygen atoms in total. The molecular weight excluding hydrogens is 226 g/mol. The zero-order chi connectivity index (χ0) is 12.8. The number of amides is 1. The van der Waals surface area contributed by atoms with E-state index in [1.807, 2.05) is 30.3 Å². The lowest BCUT2D eigenvalue weighted by molar-refractivity contribution is -0.123. The molecular formula is C15H19NO2. The van der Waals surface area contributed by atoms with Crippen molar-refractivity contribution in [2.45, 2.75) is 12.8 Å². The lowest BCUT2D eigenvalue weighted by Crippen LogP contribution is -2.34. The van der Waals surface area contributed by atoms with Crippen molar-refractivity contribution >= 4 is 11.6 Å². The van der Waals surface area contributed by atoms with E-state index in [2.05, 4.69) is 6.58 Å². The molecule has 1 amide bonds.